The highest BCUT2D eigenvalue weighted by Gasteiger charge is 2.36. The van der Waals surface area contributed by atoms with E-state index in [1.807, 2.05) is 24.3 Å². The highest BCUT2D eigenvalue weighted by molar-refractivity contribution is 5.86. The van der Waals surface area contributed by atoms with Crippen LogP contribution in [0.4, 0.5) is 4.39 Å². The fourth-order valence-electron chi connectivity index (χ4n) is 1.79. The summed E-state index contributed by atoms with van der Waals surface area (Å²) in [6.45, 7) is 1.21. The number of benzene rings is 2. The molecule has 0 aromatic heterocycles. The van der Waals surface area contributed by atoms with E-state index in [2.05, 4.69) is 4.74 Å². The third-order valence-electron chi connectivity index (χ3n) is 2.86. The molecule has 0 bridgehead atoms. The summed E-state index contributed by atoms with van der Waals surface area (Å²) in [7, 11) is 1.18. The molecule has 3 heteroatoms. The molecule has 2 aromatic carbocycles. The Balaban J connectivity index is 2.53. The molecule has 88 valence electrons. The van der Waals surface area contributed by atoms with Gasteiger partial charge in [-0.25, -0.2) is 9.18 Å². The summed E-state index contributed by atoms with van der Waals surface area (Å²) in [5.74, 6) is -0.882. The molecule has 0 amide bonds. The monoisotopic (exact) mass is 232 g/mol. The highest BCUT2D eigenvalue weighted by Crippen LogP contribution is 2.29. The number of ether oxygens (including phenoxy) is 1. The Morgan fingerprint density at radius 1 is 1.18 bits per heavy atom. The second-order valence-electron chi connectivity index (χ2n) is 4.06. The lowest BCUT2D eigenvalue weighted by atomic mass is 9.95. The number of fused-ring (bicyclic) bond motifs is 1. The van der Waals surface area contributed by atoms with Crippen molar-refractivity contribution < 1.29 is 13.9 Å². The summed E-state index contributed by atoms with van der Waals surface area (Å²) in [4.78, 5) is 11.4. The van der Waals surface area contributed by atoms with Crippen molar-refractivity contribution in [2.24, 2.45) is 0 Å². The lowest BCUT2D eigenvalue weighted by molar-refractivity contribution is -0.154. The fourth-order valence-corrected chi connectivity index (χ4v) is 1.79. The lowest BCUT2D eigenvalue weighted by Crippen LogP contribution is -2.28. The van der Waals surface area contributed by atoms with Gasteiger partial charge < -0.3 is 4.74 Å². The second kappa shape index (κ2) is 4.17. The van der Waals surface area contributed by atoms with Crippen molar-refractivity contribution in [1.82, 2.24) is 0 Å². The first-order chi connectivity index (χ1) is 8.05. The minimum Gasteiger partial charge on any atom is -0.466 e. The summed E-state index contributed by atoms with van der Waals surface area (Å²) in [6, 6.07) is 12.7. The number of alkyl halides is 1. The van der Waals surface area contributed by atoms with E-state index in [9.17, 15) is 9.18 Å². The number of hydrogen-bond acceptors (Lipinski definition) is 2. The normalized spacial score (nSPS) is 14.3. The first-order valence-electron chi connectivity index (χ1n) is 5.32. The molecule has 0 aliphatic rings. The number of carbonyl (C=O) groups is 1. The minimum atomic E-state index is -2.11. The van der Waals surface area contributed by atoms with Crippen LogP contribution in [-0.2, 0) is 15.2 Å². The third kappa shape index (κ3) is 2.00. The van der Waals surface area contributed by atoms with Gasteiger partial charge >= 0.3 is 5.97 Å². The summed E-state index contributed by atoms with van der Waals surface area (Å²) in [6.07, 6.45) is 0. The van der Waals surface area contributed by atoms with Crippen LogP contribution >= 0.6 is 0 Å². The van der Waals surface area contributed by atoms with Crippen molar-refractivity contribution in [1.29, 1.82) is 0 Å². The topological polar surface area (TPSA) is 26.3 Å². The maximum absolute atomic E-state index is 14.3. The number of carbonyl (C=O) groups excluding carboxylic acids is 1. The summed E-state index contributed by atoms with van der Waals surface area (Å²) >= 11 is 0. The van der Waals surface area contributed by atoms with Crippen LogP contribution < -0.4 is 0 Å². The zero-order chi connectivity index (χ0) is 12.5. The smallest absolute Gasteiger partial charge is 0.348 e. The van der Waals surface area contributed by atoms with Crippen molar-refractivity contribution in [3.8, 4) is 0 Å². The van der Waals surface area contributed by atoms with Gasteiger partial charge in [0, 0.05) is 5.56 Å². The average molecular weight is 232 g/mol. The summed E-state index contributed by atoms with van der Waals surface area (Å²) < 4.78 is 18.7. The van der Waals surface area contributed by atoms with Crippen LogP contribution in [0.3, 0.4) is 0 Å². The molecule has 0 radical (unpaired) electrons. The van der Waals surface area contributed by atoms with Gasteiger partial charge in [0.25, 0.3) is 0 Å². The van der Waals surface area contributed by atoms with Crippen molar-refractivity contribution in [3.63, 3.8) is 0 Å². The molecule has 0 aliphatic carbocycles. The molecule has 2 nitrogen and oxygen atoms in total. The molecule has 0 fully saturated rings. The van der Waals surface area contributed by atoms with E-state index >= 15 is 0 Å². The van der Waals surface area contributed by atoms with Gasteiger partial charge in [-0.05, 0) is 23.8 Å². The van der Waals surface area contributed by atoms with Gasteiger partial charge in [-0.1, -0.05) is 36.4 Å². The molecule has 17 heavy (non-hydrogen) atoms. The quantitative estimate of drug-likeness (QED) is 0.743. The first-order valence-corrected chi connectivity index (χ1v) is 5.32. The van der Waals surface area contributed by atoms with E-state index in [0.29, 0.717) is 5.56 Å². The summed E-state index contributed by atoms with van der Waals surface area (Å²) in [5, 5.41) is 1.91. The zero-order valence-electron chi connectivity index (χ0n) is 9.74. The third-order valence-corrected chi connectivity index (χ3v) is 2.86. The molecule has 0 saturated carbocycles. The van der Waals surface area contributed by atoms with E-state index in [1.54, 1.807) is 18.2 Å². The highest BCUT2D eigenvalue weighted by atomic mass is 19.1. The van der Waals surface area contributed by atoms with Crippen molar-refractivity contribution in [3.05, 3.63) is 48.0 Å². The minimum absolute atomic E-state index is 0.308. The molecule has 0 unspecified atom stereocenters. The van der Waals surface area contributed by atoms with Crippen LogP contribution in [0.5, 0.6) is 0 Å². The van der Waals surface area contributed by atoms with Crippen LogP contribution in [-0.4, -0.2) is 13.1 Å². The number of halogens is 1. The molecule has 2 rings (SSSR count). The lowest BCUT2D eigenvalue weighted by Gasteiger charge is -2.18. The number of hydrogen-bond donors (Lipinski definition) is 0. The van der Waals surface area contributed by atoms with Gasteiger partial charge in [0.15, 0.2) is 0 Å². The Labute approximate surface area is 99.0 Å². The van der Waals surface area contributed by atoms with Crippen molar-refractivity contribution in [2.45, 2.75) is 12.6 Å². The molecule has 1 atom stereocenters. The first kappa shape index (κ1) is 11.6. The van der Waals surface area contributed by atoms with E-state index < -0.39 is 11.6 Å². The van der Waals surface area contributed by atoms with Crippen molar-refractivity contribution >= 4 is 16.7 Å². The molecule has 0 spiro atoms. The Bertz CT molecular complexity index is 561. The SMILES string of the molecule is COC(=O)[C@](C)(F)c1ccc2ccccc2c1. The predicted octanol–water partition coefficient (Wildman–Crippen LogP) is 3.20. The van der Waals surface area contributed by atoms with Gasteiger partial charge in [0.2, 0.25) is 5.67 Å². The van der Waals surface area contributed by atoms with Crippen LogP contribution in [0, 0.1) is 0 Å². The molecule has 0 saturated heterocycles. The largest absolute Gasteiger partial charge is 0.466 e. The molecular formula is C14H13FO2. The Morgan fingerprint density at radius 2 is 1.82 bits per heavy atom. The Hall–Kier alpha value is -1.90. The predicted molar refractivity (Wildman–Crippen MR) is 64.4 cm³/mol. The van der Waals surface area contributed by atoms with Gasteiger partial charge in [0.05, 0.1) is 7.11 Å². The number of esters is 1. The van der Waals surface area contributed by atoms with Crippen LogP contribution in [0.1, 0.15) is 12.5 Å². The van der Waals surface area contributed by atoms with Crippen LogP contribution in [0.25, 0.3) is 10.8 Å². The molecule has 0 N–H and O–H groups in total. The Morgan fingerprint density at radius 3 is 2.47 bits per heavy atom. The van der Waals surface area contributed by atoms with Gasteiger partial charge in [-0.15, -0.1) is 0 Å². The van der Waals surface area contributed by atoms with Crippen molar-refractivity contribution in [2.75, 3.05) is 7.11 Å². The molecular weight excluding hydrogens is 219 g/mol. The standard InChI is InChI=1S/C14H13FO2/c1-14(15,13(16)17-2)12-8-7-10-5-3-4-6-11(10)9-12/h3-9H,1-2H3/t14-/m1/s1. The average Bonchev–Trinajstić information content (AvgIpc) is 2.37. The van der Waals surface area contributed by atoms with E-state index in [1.165, 1.54) is 14.0 Å². The second-order valence-corrected chi connectivity index (χ2v) is 4.06. The maximum Gasteiger partial charge on any atom is 0.348 e. The van der Waals surface area contributed by atoms with Gasteiger partial charge in [-0.2, -0.15) is 0 Å². The van der Waals surface area contributed by atoms with E-state index in [4.69, 9.17) is 0 Å². The van der Waals surface area contributed by atoms with Crippen LogP contribution in [0.15, 0.2) is 42.5 Å². The van der Waals surface area contributed by atoms with Crippen LogP contribution in [0.2, 0.25) is 0 Å². The molecule has 0 heterocycles. The van der Waals surface area contributed by atoms with Gasteiger partial charge in [0.1, 0.15) is 0 Å². The summed E-state index contributed by atoms with van der Waals surface area (Å²) in [5.41, 5.74) is -1.80. The molecule has 2 aromatic rings. The Kier molecular flexibility index (Phi) is 2.84. The van der Waals surface area contributed by atoms with E-state index in [-0.39, 0.29) is 0 Å². The zero-order valence-corrected chi connectivity index (χ0v) is 9.74. The maximum atomic E-state index is 14.3. The molecule has 0 aliphatic heterocycles. The number of methoxy groups -OCH3 is 1. The van der Waals surface area contributed by atoms with E-state index in [0.717, 1.165) is 10.8 Å². The van der Waals surface area contributed by atoms with Gasteiger partial charge in [-0.3, -0.25) is 0 Å². The fraction of sp³-hybridized carbons (Fsp3) is 0.214. The number of rotatable bonds is 2.